The summed E-state index contributed by atoms with van der Waals surface area (Å²) >= 11 is 0. The lowest BCUT2D eigenvalue weighted by Gasteiger charge is -2.22. The van der Waals surface area contributed by atoms with Crippen molar-refractivity contribution in [2.45, 2.75) is 38.2 Å². The Morgan fingerprint density at radius 1 is 1.26 bits per heavy atom. The van der Waals surface area contributed by atoms with E-state index in [2.05, 4.69) is 10.2 Å². The fraction of sp³-hybridized carbons (Fsp3) is 0.391. The highest BCUT2D eigenvalue weighted by atomic mass is 16.6. The van der Waals surface area contributed by atoms with Gasteiger partial charge in [-0.25, -0.2) is 4.68 Å². The van der Waals surface area contributed by atoms with Gasteiger partial charge in [0.15, 0.2) is 0 Å². The molecule has 3 heterocycles. The number of hydrogen-bond acceptors (Lipinski definition) is 6. The third-order valence-electron chi connectivity index (χ3n) is 5.25. The lowest BCUT2D eigenvalue weighted by atomic mass is 10.0. The maximum absolute atomic E-state index is 12.3. The minimum absolute atomic E-state index is 0.00942. The predicted octanol–water partition coefficient (Wildman–Crippen LogP) is 2.21. The first kappa shape index (κ1) is 21.0. The van der Waals surface area contributed by atoms with Gasteiger partial charge < -0.3 is 9.47 Å². The third-order valence-corrected chi connectivity index (χ3v) is 5.25. The molecule has 1 unspecified atom stereocenters. The number of carbonyl (C=O) groups is 1. The zero-order chi connectivity index (χ0) is 21.6. The Bertz CT molecular complexity index is 1100. The molecule has 1 saturated heterocycles. The van der Waals surface area contributed by atoms with E-state index in [1.807, 2.05) is 37.5 Å². The number of nitrogens with zero attached hydrogens (tertiary/aromatic N) is 4. The van der Waals surface area contributed by atoms with Crippen LogP contribution < -0.4 is 5.43 Å². The molecule has 1 atom stereocenters. The van der Waals surface area contributed by atoms with Crippen LogP contribution in [0.15, 0.2) is 53.7 Å². The van der Waals surface area contributed by atoms with Crippen LogP contribution in [0, 0.1) is 0 Å². The quantitative estimate of drug-likeness (QED) is 0.543. The van der Waals surface area contributed by atoms with Crippen molar-refractivity contribution in [1.29, 1.82) is 0 Å². The molecule has 2 aromatic heterocycles. The first-order chi connectivity index (χ1) is 15.1. The van der Waals surface area contributed by atoms with Crippen LogP contribution in [-0.2, 0) is 34.2 Å². The molecule has 0 amide bonds. The molecular formula is C23H26N4O4. The van der Waals surface area contributed by atoms with Gasteiger partial charge in [0.1, 0.15) is 18.0 Å². The van der Waals surface area contributed by atoms with E-state index in [9.17, 15) is 9.59 Å². The minimum atomic E-state index is -0.275. The van der Waals surface area contributed by atoms with Gasteiger partial charge >= 0.3 is 5.97 Å². The van der Waals surface area contributed by atoms with Crippen molar-refractivity contribution in [2.75, 3.05) is 13.2 Å². The van der Waals surface area contributed by atoms with Gasteiger partial charge in [0.05, 0.1) is 24.9 Å². The van der Waals surface area contributed by atoms with Crippen LogP contribution in [0.3, 0.4) is 0 Å². The number of rotatable bonds is 7. The summed E-state index contributed by atoms with van der Waals surface area (Å²) in [5.41, 5.74) is 2.84. The van der Waals surface area contributed by atoms with Crippen molar-refractivity contribution >= 4 is 5.97 Å². The number of ether oxygens (including phenoxy) is 2. The van der Waals surface area contributed by atoms with Crippen LogP contribution in [0.4, 0.5) is 0 Å². The van der Waals surface area contributed by atoms with Crippen molar-refractivity contribution in [2.24, 2.45) is 7.05 Å². The van der Waals surface area contributed by atoms with Gasteiger partial charge in [-0.15, -0.1) is 0 Å². The molecule has 1 fully saturated rings. The fourth-order valence-electron chi connectivity index (χ4n) is 3.63. The molecule has 31 heavy (non-hydrogen) atoms. The Morgan fingerprint density at radius 2 is 2.13 bits per heavy atom. The van der Waals surface area contributed by atoms with Gasteiger partial charge in [-0.05, 0) is 30.4 Å². The van der Waals surface area contributed by atoms with Crippen molar-refractivity contribution in [3.8, 4) is 5.69 Å². The molecule has 1 aromatic carbocycles. The average Bonchev–Trinajstić information content (AvgIpc) is 3.21. The van der Waals surface area contributed by atoms with E-state index >= 15 is 0 Å². The molecular weight excluding hydrogens is 396 g/mol. The summed E-state index contributed by atoms with van der Waals surface area (Å²) in [4.78, 5) is 24.6. The first-order valence-electron chi connectivity index (χ1n) is 10.5. The van der Waals surface area contributed by atoms with E-state index in [-0.39, 0.29) is 23.9 Å². The molecule has 0 radical (unpaired) electrons. The zero-order valence-corrected chi connectivity index (χ0v) is 17.6. The number of carbonyl (C=O) groups excluding carboxylic acids is 1. The second kappa shape index (κ2) is 9.70. The van der Waals surface area contributed by atoms with E-state index in [0.29, 0.717) is 18.7 Å². The molecule has 1 aliphatic rings. The molecule has 0 spiro atoms. The monoisotopic (exact) mass is 422 g/mol. The molecule has 0 bridgehead atoms. The summed E-state index contributed by atoms with van der Waals surface area (Å²) in [7, 11) is 1.83. The summed E-state index contributed by atoms with van der Waals surface area (Å²) in [6, 6.07) is 9.11. The predicted molar refractivity (Wildman–Crippen MR) is 114 cm³/mol. The summed E-state index contributed by atoms with van der Waals surface area (Å²) in [6.45, 7) is 1.04. The SMILES string of the molecule is Cn1cc(-n2ccc(=O)c(Cc3cccc(CC(=O)OCC4CCCCO4)c3)n2)cn1. The average molecular weight is 422 g/mol. The largest absolute Gasteiger partial charge is 0.463 e. The van der Waals surface area contributed by atoms with E-state index in [0.717, 1.165) is 42.7 Å². The van der Waals surface area contributed by atoms with E-state index in [1.54, 1.807) is 21.8 Å². The number of aromatic nitrogens is 4. The minimum Gasteiger partial charge on any atom is -0.463 e. The van der Waals surface area contributed by atoms with Gasteiger partial charge in [-0.3, -0.25) is 14.3 Å². The maximum Gasteiger partial charge on any atom is 0.310 e. The Labute approximate surface area is 180 Å². The highest BCUT2D eigenvalue weighted by molar-refractivity contribution is 5.72. The maximum atomic E-state index is 12.3. The van der Waals surface area contributed by atoms with Gasteiger partial charge in [0.25, 0.3) is 0 Å². The van der Waals surface area contributed by atoms with Gasteiger partial charge in [0.2, 0.25) is 5.43 Å². The standard InChI is InChI=1S/C23H26N4O4/c1-26-15-19(14-24-26)27-9-8-22(28)21(25-27)12-17-5-4-6-18(11-17)13-23(29)31-16-20-7-2-3-10-30-20/h4-6,8-9,11,14-15,20H,2-3,7,10,12-13,16H2,1H3. The number of aryl methyl sites for hydroxylation is 1. The molecule has 8 heteroatoms. The van der Waals surface area contributed by atoms with Crippen LogP contribution in [0.2, 0.25) is 0 Å². The van der Waals surface area contributed by atoms with Crippen molar-refractivity contribution < 1.29 is 14.3 Å². The first-order valence-corrected chi connectivity index (χ1v) is 10.5. The molecule has 4 rings (SSSR count). The number of esters is 1. The Kier molecular flexibility index (Phi) is 6.57. The van der Waals surface area contributed by atoms with Crippen LogP contribution in [0.1, 0.15) is 36.1 Å². The number of hydrogen-bond donors (Lipinski definition) is 0. The molecule has 0 saturated carbocycles. The molecule has 8 nitrogen and oxygen atoms in total. The third kappa shape index (κ3) is 5.67. The van der Waals surface area contributed by atoms with E-state index in [1.165, 1.54) is 6.07 Å². The van der Waals surface area contributed by atoms with Crippen LogP contribution in [0.25, 0.3) is 5.69 Å². The lowest BCUT2D eigenvalue weighted by molar-refractivity contribution is -0.148. The van der Waals surface area contributed by atoms with Gasteiger partial charge in [-0.1, -0.05) is 24.3 Å². The van der Waals surface area contributed by atoms with Crippen molar-refractivity contribution in [1.82, 2.24) is 19.6 Å². The topological polar surface area (TPSA) is 88.2 Å². The van der Waals surface area contributed by atoms with Crippen molar-refractivity contribution in [3.63, 3.8) is 0 Å². The molecule has 3 aromatic rings. The second-order valence-corrected chi connectivity index (χ2v) is 7.79. The Morgan fingerprint density at radius 3 is 2.90 bits per heavy atom. The van der Waals surface area contributed by atoms with Crippen LogP contribution in [-0.4, -0.2) is 44.8 Å². The zero-order valence-electron chi connectivity index (χ0n) is 17.6. The summed E-state index contributed by atoms with van der Waals surface area (Å²) in [5.74, 6) is -0.275. The smallest absolute Gasteiger partial charge is 0.310 e. The molecule has 1 aliphatic heterocycles. The second-order valence-electron chi connectivity index (χ2n) is 7.79. The van der Waals surface area contributed by atoms with E-state index < -0.39 is 0 Å². The molecule has 162 valence electrons. The van der Waals surface area contributed by atoms with E-state index in [4.69, 9.17) is 9.47 Å². The highest BCUT2D eigenvalue weighted by Crippen LogP contribution is 2.14. The van der Waals surface area contributed by atoms with Crippen LogP contribution >= 0.6 is 0 Å². The summed E-state index contributed by atoms with van der Waals surface area (Å²) in [5, 5.41) is 8.61. The lowest BCUT2D eigenvalue weighted by Crippen LogP contribution is -2.26. The van der Waals surface area contributed by atoms with Crippen LogP contribution in [0.5, 0.6) is 0 Å². The molecule has 0 N–H and O–H groups in total. The van der Waals surface area contributed by atoms with Gasteiger partial charge in [-0.2, -0.15) is 10.2 Å². The Hall–Kier alpha value is -3.26. The number of benzene rings is 1. The Balaban J connectivity index is 1.40. The van der Waals surface area contributed by atoms with Gasteiger partial charge in [0, 0.05) is 32.3 Å². The molecule has 0 aliphatic carbocycles. The normalized spacial score (nSPS) is 16.2. The highest BCUT2D eigenvalue weighted by Gasteiger charge is 2.16. The fourth-order valence-corrected chi connectivity index (χ4v) is 3.63. The summed E-state index contributed by atoms with van der Waals surface area (Å²) in [6.07, 6.45) is 8.82. The van der Waals surface area contributed by atoms with Crippen molar-refractivity contribution in [3.05, 3.63) is 76.0 Å². The summed E-state index contributed by atoms with van der Waals surface area (Å²) < 4.78 is 14.3.